The van der Waals surface area contributed by atoms with Gasteiger partial charge in [0.05, 0.1) is 11.9 Å². The molecular weight excluding hydrogens is 231 g/mol. The van der Waals surface area contributed by atoms with E-state index in [4.69, 9.17) is 0 Å². The van der Waals surface area contributed by atoms with Gasteiger partial charge in [0.25, 0.3) is 0 Å². The second kappa shape index (κ2) is 5.04. The van der Waals surface area contributed by atoms with Gasteiger partial charge in [0.15, 0.2) is 5.78 Å². The first-order valence-electron chi connectivity index (χ1n) is 5.63. The molecule has 2 rings (SSSR count). The quantitative estimate of drug-likeness (QED) is 0.779. The lowest BCUT2D eigenvalue weighted by molar-refractivity contribution is 0.0987. The van der Waals surface area contributed by atoms with E-state index in [0.29, 0.717) is 5.69 Å². The van der Waals surface area contributed by atoms with E-state index >= 15 is 0 Å². The van der Waals surface area contributed by atoms with Gasteiger partial charge in [-0.15, -0.1) is 0 Å². The summed E-state index contributed by atoms with van der Waals surface area (Å²) in [5.74, 6) is -0.406. The monoisotopic (exact) mass is 244 g/mol. The van der Waals surface area contributed by atoms with Crippen molar-refractivity contribution in [3.05, 3.63) is 58.9 Å². The van der Waals surface area contributed by atoms with Gasteiger partial charge in [-0.3, -0.25) is 9.78 Å². The normalized spacial score (nSPS) is 10.4. The van der Waals surface area contributed by atoms with Gasteiger partial charge in [0, 0.05) is 12.6 Å². The number of Topliss-reactive ketones (excluding diaryl/α,β-unsaturated/α-hetero) is 1. The molecule has 2 aromatic rings. The van der Waals surface area contributed by atoms with E-state index in [-0.39, 0.29) is 18.0 Å². The lowest BCUT2D eigenvalue weighted by atomic mass is 10.0. The predicted octanol–water partition coefficient (Wildman–Crippen LogP) is 2.66. The van der Waals surface area contributed by atoms with Gasteiger partial charge < -0.3 is 0 Å². The van der Waals surface area contributed by atoms with Crippen molar-refractivity contribution >= 4 is 5.78 Å². The minimum Gasteiger partial charge on any atom is -0.292 e. The molecule has 18 heavy (non-hydrogen) atoms. The van der Waals surface area contributed by atoms with Crippen molar-refractivity contribution in [1.82, 2.24) is 9.97 Å². The molecule has 3 nitrogen and oxygen atoms in total. The van der Waals surface area contributed by atoms with Crippen molar-refractivity contribution in [2.75, 3.05) is 0 Å². The molecule has 0 N–H and O–H groups in total. The molecule has 0 aliphatic carbocycles. The first-order chi connectivity index (χ1) is 8.56. The average Bonchev–Trinajstić information content (AvgIpc) is 2.33. The lowest BCUT2D eigenvalue weighted by Crippen LogP contribution is -2.08. The fraction of sp³-hybridized carbons (Fsp3) is 0.214. The first kappa shape index (κ1) is 12.4. The van der Waals surface area contributed by atoms with Gasteiger partial charge in [0.1, 0.15) is 11.5 Å². The van der Waals surface area contributed by atoms with Crippen molar-refractivity contribution in [2.45, 2.75) is 20.3 Å². The molecule has 0 amide bonds. The number of hydrogen-bond acceptors (Lipinski definition) is 3. The van der Waals surface area contributed by atoms with Crippen LogP contribution in [-0.4, -0.2) is 15.8 Å². The molecule has 1 aromatic carbocycles. The molecule has 0 fully saturated rings. The third kappa shape index (κ3) is 2.77. The standard InChI is InChI=1S/C14H13FN2O/c1-9-5-12(15)4-3-11(9)6-14(18)13-8-16-10(2)7-17-13/h3-5,7-8H,6H2,1-2H3. The molecule has 1 aromatic heterocycles. The van der Waals surface area contributed by atoms with Crippen molar-refractivity contribution in [3.8, 4) is 0 Å². The largest absolute Gasteiger partial charge is 0.292 e. The molecule has 0 unspecified atom stereocenters. The maximum Gasteiger partial charge on any atom is 0.187 e. The zero-order chi connectivity index (χ0) is 13.1. The summed E-state index contributed by atoms with van der Waals surface area (Å²) >= 11 is 0. The molecule has 0 bridgehead atoms. The summed E-state index contributed by atoms with van der Waals surface area (Å²) in [6.07, 6.45) is 3.24. The topological polar surface area (TPSA) is 42.9 Å². The molecule has 92 valence electrons. The lowest BCUT2D eigenvalue weighted by Gasteiger charge is -2.05. The van der Waals surface area contributed by atoms with E-state index in [9.17, 15) is 9.18 Å². The van der Waals surface area contributed by atoms with E-state index in [1.54, 1.807) is 19.2 Å². The number of hydrogen-bond donors (Lipinski definition) is 0. The minimum atomic E-state index is -0.293. The average molecular weight is 244 g/mol. The summed E-state index contributed by atoms with van der Waals surface area (Å²) in [4.78, 5) is 20.0. The Labute approximate surface area is 105 Å². The Morgan fingerprint density at radius 2 is 2.00 bits per heavy atom. The number of nitrogens with zero attached hydrogens (tertiary/aromatic N) is 2. The van der Waals surface area contributed by atoms with Crippen molar-refractivity contribution in [3.63, 3.8) is 0 Å². The number of benzene rings is 1. The van der Waals surface area contributed by atoms with Crippen molar-refractivity contribution in [2.24, 2.45) is 0 Å². The Morgan fingerprint density at radius 3 is 2.61 bits per heavy atom. The first-order valence-corrected chi connectivity index (χ1v) is 5.63. The molecule has 0 saturated carbocycles. The molecule has 0 saturated heterocycles. The molecule has 0 radical (unpaired) electrons. The van der Waals surface area contributed by atoms with Crippen LogP contribution in [0.2, 0.25) is 0 Å². The van der Waals surface area contributed by atoms with Crippen LogP contribution >= 0.6 is 0 Å². The summed E-state index contributed by atoms with van der Waals surface area (Å²) in [6, 6.07) is 4.41. The number of rotatable bonds is 3. The summed E-state index contributed by atoms with van der Waals surface area (Å²) in [5, 5.41) is 0. The molecule has 0 aliphatic heterocycles. The van der Waals surface area contributed by atoms with Crippen LogP contribution in [0.1, 0.15) is 27.3 Å². The van der Waals surface area contributed by atoms with Gasteiger partial charge >= 0.3 is 0 Å². The fourth-order valence-electron chi connectivity index (χ4n) is 1.66. The third-order valence-corrected chi connectivity index (χ3v) is 2.72. The number of aryl methyl sites for hydroxylation is 2. The van der Waals surface area contributed by atoms with E-state index in [0.717, 1.165) is 16.8 Å². The summed E-state index contributed by atoms with van der Waals surface area (Å²) < 4.78 is 12.9. The molecule has 0 atom stereocenters. The van der Waals surface area contributed by atoms with Crippen molar-refractivity contribution < 1.29 is 9.18 Å². The number of carbonyl (C=O) groups is 1. The van der Waals surface area contributed by atoms with Gasteiger partial charge in [-0.05, 0) is 37.1 Å². The maximum atomic E-state index is 12.9. The maximum absolute atomic E-state index is 12.9. The van der Waals surface area contributed by atoms with Crippen LogP contribution in [0.25, 0.3) is 0 Å². The van der Waals surface area contributed by atoms with Gasteiger partial charge in [0.2, 0.25) is 0 Å². The second-order valence-corrected chi connectivity index (χ2v) is 4.21. The Bertz CT molecular complexity index is 579. The van der Waals surface area contributed by atoms with E-state index in [1.807, 2.05) is 6.92 Å². The molecule has 4 heteroatoms. The predicted molar refractivity (Wildman–Crippen MR) is 65.9 cm³/mol. The van der Waals surface area contributed by atoms with Crippen LogP contribution in [-0.2, 0) is 6.42 Å². The molecule has 0 aliphatic rings. The molecular formula is C14H13FN2O. The van der Waals surface area contributed by atoms with Crippen LogP contribution in [0.3, 0.4) is 0 Å². The van der Waals surface area contributed by atoms with Crippen LogP contribution in [0.4, 0.5) is 4.39 Å². The highest BCUT2D eigenvalue weighted by molar-refractivity contribution is 5.95. The summed E-state index contributed by atoms with van der Waals surface area (Å²) in [7, 11) is 0. The number of aromatic nitrogens is 2. The van der Waals surface area contributed by atoms with Crippen LogP contribution in [0.15, 0.2) is 30.6 Å². The smallest absolute Gasteiger partial charge is 0.187 e. The van der Waals surface area contributed by atoms with E-state index in [1.165, 1.54) is 18.3 Å². The fourth-order valence-corrected chi connectivity index (χ4v) is 1.66. The highest BCUT2D eigenvalue weighted by atomic mass is 19.1. The van der Waals surface area contributed by atoms with Crippen LogP contribution in [0.5, 0.6) is 0 Å². The van der Waals surface area contributed by atoms with Crippen molar-refractivity contribution in [1.29, 1.82) is 0 Å². The van der Waals surface area contributed by atoms with Gasteiger partial charge in [-0.1, -0.05) is 6.07 Å². The highest BCUT2D eigenvalue weighted by Crippen LogP contribution is 2.12. The Hall–Kier alpha value is -2.10. The number of carbonyl (C=O) groups excluding carboxylic acids is 1. The molecule has 1 heterocycles. The van der Waals surface area contributed by atoms with E-state index in [2.05, 4.69) is 9.97 Å². The Balaban J connectivity index is 2.18. The zero-order valence-electron chi connectivity index (χ0n) is 10.3. The zero-order valence-corrected chi connectivity index (χ0v) is 10.3. The molecule has 0 spiro atoms. The third-order valence-electron chi connectivity index (χ3n) is 2.72. The van der Waals surface area contributed by atoms with Crippen LogP contribution in [0, 0.1) is 19.7 Å². The summed E-state index contributed by atoms with van der Waals surface area (Å²) in [6.45, 7) is 3.60. The van der Waals surface area contributed by atoms with Gasteiger partial charge in [-0.2, -0.15) is 0 Å². The number of ketones is 1. The summed E-state index contributed by atoms with van der Waals surface area (Å²) in [5.41, 5.74) is 2.68. The van der Waals surface area contributed by atoms with Gasteiger partial charge in [-0.25, -0.2) is 9.37 Å². The Kier molecular flexibility index (Phi) is 3.46. The Morgan fingerprint density at radius 1 is 1.22 bits per heavy atom. The SMILES string of the molecule is Cc1cnc(C(=O)Cc2ccc(F)cc2C)cn1. The highest BCUT2D eigenvalue weighted by Gasteiger charge is 2.10. The van der Waals surface area contributed by atoms with Crippen LogP contribution < -0.4 is 0 Å². The minimum absolute atomic E-state index is 0.114. The van der Waals surface area contributed by atoms with E-state index < -0.39 is 0 Å². The number of halogens is 1. The second-order valence-electron chi connectivity index (χ2n) is 4.21.